The van der Waals surface area contributed by atoms with Crippen LogP contribution in [0.2, 0.25) is 0 Å². The molecule has 3 heterocycles. The molecule has 1 N–H and O–H groups in total. The van der Waals surface area contributed by atoms with Crippen molar-refractivity contribution in [1.29, 1.82) is 0 Å². The third kappa shape index (κ3) is 4.77. The molecule has 2 aromatic carbocycles. The molecule has 3 atom stereocenters. The van der Waals surface area contributed by atoms with Crippen molar-refractivity contribution >= 4 is 22.5 Å². The van der Waals surface area contributed by atoms with Crippen LogP contribution in [0.5, 0.6) is 11.5 Å². The zero-order valence-electron chi connectivity index (χ0n) is 23.7. The van der Waals surface area contributed by atoms with Crippen molar-refractivity contribution in [2.45, 2.75) is 38.1 Å². The summed E-state index contributed by atoms with van der Waals surface area (Å²) in [6, 6.07) is 4.76. The molecule has 2 aliphatic heterocycles. The van der Waals surface area contributed by atoms with Crippen molar-refractivity contribution in [2.24, 2.45) is 0 Å². The van der Waals surface area contributed by atoms with Crippen LogP contribution in [0, 0.1) is 5.82 Å². The van der Waals surface area contributed by atoms with Crippen molar-refractivity contribution in [3.8, 4) is 22.6 Å². The fourth-order valence-electron chi connectivity index (χ4n) is 6.16. The Balaban J connectivity index is 1.87. The summed E-state index contributed by atoms with van der Waals surface area (Å²) in [5.41, 5.74) is -2.84. The molecule has 0 unspecified atom stereocenters. The van der Waals surface area contributed by atoms with E-state index in [0.29, 0.717) is 0 Å². The number of alkyl halides is 3. The minimum Gasteiger partial charge on any atom is -0.507 e. The number of aromatic hydroxyl groups is 1. The molecule has 3 aromatic rings. The van der Waals surface area contributed by atoms with Crippen LogP contribution in [0.4, 0.5) is 23.2 Å². The van der Waals surface area contributed by atoms with Crippen molar-refractivity contribution < 1.29 is 32.2 Å². The van der Waals surface area contributed by atoms with Gasteiger partial charge in [0.2, 0.25) is 5.91 Å². The summed E-state index contributed by atoms with van der Waals surface area (Å²) in [5.74, 6) is -1.46. The van der Waals surface area contributed by atoms with Gasteiger partial charge < -0.3 is 24.5 Å². The summed E-state index contributed by atoms with van der Waals surface area (Å²) in [4.78, 5) is 31.3. The van der Waals surface area contributed by atoms with E-state index in [0.717, 1.165) is 16.7 Å². The van der Waals surface area contributed by atoms with Crippen molar-refractivity contribution in [1.82, 2.24) is 14.4 Å². The minimum atomic E-state index is -5.01. The van der Waals surface area contributed by atoms with Gasteiger partial charge in [0.05, 0.1) is 22.8 Å². The second kappa shape index (κ2) is 10.6. The number of anilines is 1. The number of ether oxygens (including phenoxy) is 1. The number of halogens is 4. The molecule has 0 radical (unpaired) electrons. The van der Waals surface area contributed by atoms with Crippen LogP contribution in [0.25, 0.3) is 22.0 Å². The zero-order valence-corrected chi connectivity index (χ0v) is 23.7. The normalized spacial score (nSPS) is 20.6. The highest BCUT2D eigenvalue weighted by Crippen LogP contribution is 2.49. The van der Waals surface area contributed by atoms with E-state index < -0.39 is 41.2 Å². The molecule has 0 bridgehead atoms. The minimum absolute atomic E-state index is 0.0103. The number of carbonyl (C=O) groups excluding carboxylic acids is 1. The summed E-state index contributed by atoms with van der Waals surface area (Å²) in [6.45, 7) is 7.13. The van der Waals surface area contributed by atoms with Crippen LogP contribution >= 0.6 is 0 Å². The van der Waals surface area contributed by atoms with Crippen LogP contribution in [0.15, 0.2) is 47.8 Å². The first kappa shape index (κ1) is 29.4. The molecule has 1 fully saturated rings. The van der Waals surface area contributed by atoms with Crippen LogP contribution in [0.1, 0.15) is 25.5 Å². The smallest absolute Gasteiger partial charge is 0.423 e. The molecule has 12 heteroatoms. The van der Waals surface area contributed by atoms with E-state index in [2.05, 4.69) is 6.58 Å². The third-order valence-electron chi connectivity index (χ3n) is 7.93. The van der Waals surface area contributed by atoms with Gasteiger partial charge in [0.1, 0.15) is 23.7 Å². The first-order valence-electron chi connectivity index (χ1n) is 13.5. The molecule has 2 aliphatic rings. The van der Waals surface area contributed by atoms with E-state index in [4.69, 9.17) is 4.74 Å². The van der Waals surface area contributed by atoms with Crippen LogP contribution in [-0.4, -0.2) is 77.8 Å². The van der Waals surface area contributed by atoms with Gasteiger partial charge in [-0.05, 0) is 58.3 Å². The number of nitrogens with zero attached hydrogens (tertiary/aromatic N) is 4. The van der Waals surface area contributed by atoms with Gasteiger partial charge in [-0.15, -0.1) is 0 Å². The van der Waals surface area contributed by atoms with Crippen LogP contribution in [0.3, 0.4) is 0 Å². The fraction of sp³-hybridized carbons (Fsp3) is 0.400. The Bertz CT molecular complexity index is 1610. The number of pyridine rings is 1. The Labute approximate surface area is 240 Å². The van der Waals surface area contributed by atoms with Crippen molar-refractivity contribution in [3.05, 3.63) is 64.7 Å². The van der Waals surface area contributed by atoms with Gasteiger partial charge >= 0.3 is 6.18 Å². The van der Waals surface area contributed by atoms with Gasteiger partial charge in [0.15, 0.2) is 5.75 Å². The van der Waals surface area contributed by atoms with Gasteiger partial charge in [-0.3, -0.25) is 14.2 Å². The highest BCUT2D eigenvalue weighted by Gasteiger charge is 2.45. The van der Waals surface area contributed by atoms with E-state index >= 15 is 4.39 Å². The molecule has 42 heavy (non-hydrogen) atoms. The zero-order chi connectivity index (χ0) is 30.7. The second-order valence-corrected chi connectivity index (χ2v) is 11.1. The van der Waals surface area contributed by atoms with Gasteiger partial charge in [0, 0.05) is 42.7 Å². The van der Waals surface area contributed by atoms with Crippen LogP contribution in [-0.2, 0) is 11.0 Å². The highest BCUT2D eigenvalue weighted by molar-refractivity contribution is 6.02. The van der Waals surface area contributed by atoms with Crippen LogP contribution < -0.4 is 15.2 Å². The molecule has 0 saturated carbocycles. The second-order valence-electron chi connectivity index (χ2n) is 11.1. The van der Waals surface area contributed by atoms with Gasteiger partial charge in [-0.2, -0.15) is 13.2 Å². The topological polar surface area (TPSA) is 78.2 Å². The lowest BCUT2D eigenvalue weighted by Crippen LogP contribution is -2.58. The number of piperazine rings is 1. The quantitative estimate of drug-likeness (QED) is 0.346. The molecule has 1 aromatic heterocycles. The Morgan fingerprint density at radius 1 is 1.17 bits per heavy atom. The lowest BCUT2D eigenvalue weighted by atomic mass is 9.95. The average molecular weight is 589 g/mol. The van der Waals surface area contributed by atoms with Gasteiger partial charge in [0.25, 0.3) is 5.56 Å². The molecular formula is C30H32F4N4O4. The number of benzene rings is 2. The number of rotatable bonds is 5. The number of phenols is 1. The largest absolute Gasteiger partial charge is 0.507 e. The van der Waals surface area contributed by atoms with Crippen molar-refractivity contribution in [2.75, 3.05) is 45.2 Å². The number of likely N-dealkylation sites (N-methyl/N-ethyl adjacent to an activating group) is 1. The lowest BCUT2D eigenvalue weighted by molar-refractivity contribution is -0.138. The van der Waals surface area contributed by atoms with Crippen molar-refractivity contribution in [3.63, 3.8) is 0 Å². The molecule has 0 spiro atoms. The summed E-state index contributed by atoms with van der Waals surface area (Å²) in [5, 5.41) is 10.6. The number of hydrogen-bond acceptors (Lipinski definition) is 6. The molecule has 1 amide bonds. The molecule has 1 saturated heterocycles. The summed E-state index contributed by atoms with van der Waals surface area (Å²) in [6.07, 6.45) is -3.85. The SMILES string of the molecule is C=CC(=O)N1C[C@H](C)N(c2c(C(F)(F)F)c(=O)n3c4c(c(-c5c(O)cccc5F)ccc24)OC[C@H]3CN(C)C)C[C@H]1C. The molecule has 8 nitrogen and oxygen atoms in total. The maximum absolute atomic E-state index is 15.0. The standard InChI is InChI=1S/C30H32F4N4O4/c1-6-23(40)36-12-17(3)37(13-16(36)2)26-20-11-10-19(24-21(31)8-7-9-22(24)39)28-27(20)38(18(15-42-28)14-35(4)5)29(41)25(26)30(32,33)34/h6-11,16-18,39H,1,12-15H2,2-5H3/t16-,17+,18-/m1/s1. The Morgan fingerprint density at radius 3 is 2.50 bits per heavy atom. The monoisotopic (exact) mass is 588 g/mol. The maximum atomic E-state index is 15.0. The number of carbonyl (C=O) groups is 1. The van der Waals surface area contributed by atoms with Gasteiger partial charge in [-0.1, -0.05) is 12.6 Å². The van der Waals surface area contributed by atoms with Gasteiger partial charge in [-0.25, -0.2) is 4.39 Å². The first-order chi connectivity index (χ1) is 19.8. The Hall–Kier alpha value is -4.06. The molecule has 5 rings (SSSR count). The number of phenolic OH excluding ortho intramolecular Hbond substituents is 1. The van der Waals surface area contributed by atoms with E-state index in [-0.39, 0.29) is 71.4 Å². The molecule has 224 valence electrons. The Kier molecular flexibility index (Phi) is 7.46. The van der Waals surface area contributed by atoms with E-state index in [1.807, 2.05) is 0 Å². The average Bonchev–Trinajstić information content (AvgIpc) is 2.91. The summed E-state index contributed by atoms with van der Waals surface area (Å²) in [7, 11) is 3.47. The number of amides is 1. The fourth-order valence-corrected chi connectivity index (χ4v) is 6.16. The summed E-state index contributed by atoms with van der Waals surface area (Å²) < 4.78 is 67.0. The maximum Gasteiger partial charge on any atom is 0.423 e. The number of aromatic nitrogens is 1. The lowest BCUT2D eigenvalue weighted by Gasteiger charge is -2.46. The molecular weight excluding hydrogens is 556 g/mol. The predicted molar refractivity (Wildman–Crippen MR) is 152 cm³/mol. The predicted octanol–water partition coefficient (Wildman–Crippen LogP) is 4.64. The first-order valence-corrected chi connectivity index (χ1v) is 13.5. The molecule has 0 aliphatic carbocycles. The van der Waals surface area contributed by atoms with E-state index in [1.54, 1.807) is 32.8 Å². The van der Waals surface area contributed by atoms with E-state index in [9.17, 15) is 27.9 Å². The number of hydrogen-bond donors (Lipinski definition) is 1. The highest BCUT2D eigenvalue weighted by atomic mass is 19.4. The Morgan fingerprint density at radius 2 is 1.88 bits per heavy atom. The third-order valence-corrected chi connectivity index (χ3v) is 7.93. The van der Waals surface area contributed by atoms with E-state index in [1.165, 1.54) is 34.1 Å². The summed E-state index contributed by atoms with van der Waals surface area (Å²) >= 11 is 0.